The van der Waals surface area contributed by atoms with Crippen molar-refractivity contribution < 1.29 is 24.3 Å². The third-order valence-corrected chi connectivity index (χ3v) is 6.61. The molecule has 0 saturated heterocycles. The molecule has 0 radical (unpaired) electrons. The molecule has 1 aromatic rings. The molecule has 1 aromatic carbocycles. The molecule has 0 bridgehead atoms. The molecule has 0 aliphatic heterocycles. The number of nitrogens with one attached hydrogen (secondary N) is 3. The monoisotopic (exact) mass is 590 g/mol. The number of hydrogen-bond acceptors (Lipinski definition) is 7. The quantitative estimate of drug-likeness (QED) is 0.0497. The van der Waals surface area contributed by atoms with Crippen LogP contribution in [0.5, 0.6) is 0 Å². The minimum absolute atomic E-state index is 0.0353. The van der Waals surface area contributed by atoms with E-state index < -0.39 is 47.9 Å². The van der Waals surface area contributed by atoms with E-state index in [0.29, 0.717) is 24.8 Å². The highest BCUT2D eigenvalue weighted by molar-refractivity contribution is 5.94. The first-order valence-electron chi connectivity index (χ1n) is 13.9. The maximum atomic E-state index is 13.4. The van der Waals surface area contributed by atoms with Crippen molar-refractivity contribution in [3.8, 4) is 0 Å². The largest absolute Gasteiger partial charge is 0.480 e. The summed E-state index contributed by atoms with van der Waals surface area (Å²) in [6.07, 6.45) is 1.57. The van der Waals surface area contributed by atoms with Gasteiger partial charge in [0, 0.05) is 19.5 Å². The van der Waals surface area contributed by atoms with E-state index in [0.717, 1.165) is 0 Å². The predicted octanol–water partition coefficient (Wildman–Crippen LogP) is -1.75. The number of carboxylic acid groups (broad SMARTS) is 1. The highest BCUT2D eigenvalue weighted by atomic mass is 16.4. The Morgan fingerprint density at radius 2 is 1.24 bits per heavy atom. The van der Waals surface area contributed by atoms with Crippen molar-refractivity contribution in [3.63, 3.8) is 0 Å². The number of benzene rings is 1. The van der Waals surface area contributed by atoms with Crippen molar-refractivity contribution in [2.45, 2.75) is 76.5 Å². The van der Waals surface area contributed by atoms with Gasteiger partial charge in [-0.25, -0.2) is 4.79 Å². The third-order valence-electron chi connectivity index (χ3n) is 6.61. The van der Waals surface area contributed by atoms with E-state index in [2.05, 4.69) is 25.9 Å². The Kier molecular flexibility index (Phi) is 16.0. The van der Waals surface area contributed by atoms with Crippen molar-refractivity contribution in [2.24, 2.45) is 44.6 Å². The summed E-state index contributed by atoms with van der Waals surface area (Å²) < 4.78 is 0. The van der Waals surface area contributed by atoms with E-state index in [1.807, 2.05) is 13.8 Å². The number of amides is 3. The van der Waals surface area contributed by atoms with Crippen molar-refractivity contribution in [1.29, 1.82) is 0 Å². The van der Waals surface area contributed by atoms with Gasteiger partial charge in [-0.3, -0.25) is 24.4 Å². The maximum Gasteiger partial charge on any atom is 0.326 e. The van der Waals surface area contributed by atoms with Crippen LogP contribution in [-0.2, 0) is 25.6 Å². The van der Waals surface area contributed by atoms with Gasteiger partial charge in [0.2, 0.25) is 17.7 Å². The maximum absolute atomic E-state index is 13.4. The van der Waals surface area contributed by atoms with E-state index in [-0.39, 0.29) is 50.2 Å². The van der Waals surface area contributed by atoms with Gasteiger partial charge in [0.05, 0.1) is 6.04 Å². The summed E-state index contributed by atoms with van der Waals surface area (Å²) in [6.45, 7) is 4.10. The molecule has 0 aliphatic rings. The van der Waals surface area contributed by atoms with E-state index in [1.165, 1.54) is 0 Å². The summed E-state index contributed by atoms with van der Waals surface area (Å²) in [5, 5.41) is 17.6. The highest BCUT2D eigenvalue weighted by Crippen LogP contribution is 2.09. The van der Waals surface area contributed by atoms with Crippen LogP contribution in [0.25, 0.3) is 0 Å². The molecule has 5 atom stereocenters. The van der Waals surface area contributed by atoms with Gasteiger partial charge in [-0.05, 0) is 37.2 Å². The van der Waals surface area contributed by atoms with Crippen LogP contribution in [-0.4, -0.2) is 78.0 Å². The highest BCUT2D eigenvalue weighted by Gasteiger charge is 2.31. The van der Waals surface area contributed by atoms with E-state index in [1.54, 1.807) is 30.3 Å². The fraction of sp³-hybridized carbons (Fsp3) is 0.556. The van der Waals surface area contributed by atoms with Gasteiger partial charge in [0.15, 0.2) is 11.9 Å². The Bertz CT molecular complexity index is 1070. The molecule has 3 amide bonds. The number of hydrogen-bond donors (Lipinski definition) is 9. The standard InChI is InChI=1S/C27H46N10O5/c1-3-16(2)21(28)24(40)36-19(12-8-14-34-27(31)32)22(38)35-18(11-7-13-33-26(29)30)23(39)37-20(25(41)42)15-17-9-5-4-6-10-17/h4-6,9-10,16,18-21H,3,7-8,11-15,28H2,1-2H3,(H,35,38)(H,36,40)(H,37,39)(H,41,42)(H4,29,30,33)(H4,31,32,34). The fourth-order valence-electron chi connectivity index (χ4n) is 3.92. The molecule has 234 valence electrons. The Balaban J connectivity index is 3.14. The van der Waals surface area contributed by atoms with Gasteiger partial charge >= 0.3 is 5.97 Å². The minimum Gasteiger partial charge on any atom is -0.480 e. The van der Waals surface area contributed by atoms with Gasteiger partial charge < -0.3 is 49.7 Å². The minimum atomic E-state index is -1.25. The van der Waals surface area contributed by atoms with Crippen LogP contribution >= 0.6 is 0 Å². The lowest BCUT2D eigenvalue weighted by Gasteiger charge is -2.26. The second kappa shape index (κ2) is 18.9. The number of carbonyl (C=O) groups excluding carboxylic acids is 3. The zero-order chi connectivity index (χ0) is 31.7. The first kappa shape index (κ1) is 35.6. The van der Waals surface area contributed by atoms with Crippen LogP contribution in [0.1, 0.15) is 51.5 Å². The molecule has 0 heterocycles. The molecule has 15 heteroatoms. The number of aliphatic imine (C=N–C) groups is 2. The Labute approximate surface area is 246 Å². The summed E-state index contributed by atoms with van der Waals surface area (Å²) in [5.41, 5.74) is 28.3. The van der Waals surface area contributed by atoms with Gasteiger partial charge in [-0.1, -0.05) is 50.6 Å². The topological polar surface area (TPSA) is 279 Å². The van der Waals surface area contributed by atoms with Crippen LogP contribution in [0.2, 0.25) is 0 Å². The number of carboxylic acids is 1. The number of nitrogens with two attached hydrogens (primary N) is 5. The molecular weight excluding hydrogens is 544 g/mol. The molecule has 15 nitrogen and oxygen atoms in total. The average Bonchev–Trinajstić information content (AvgIpc) is 2.94. The number of nitrogens with zero attached hydrogens (tertiary/aromatic N) is 2. The zero-order valence-electron chi connectivity index (χ0n) is 24.3. The molecular formula is C27H46N10O5. The summed E-state index contributed by atoms with van der Waals surface area (Å²) in [7, 11) is 0. The second-order valence-corrected chi connectivity index (χ2v) is 10.0. The Morgan fingerprint density at radius 3 is 1.67 bits per heavy atom. The smallest absolute Gasteiger partial charge is 0.326 e. The van der Waals surface area contributed by atoms with Crippen molar-refractivity contribution in [2.75, 3.05) is 13.1 Å². The molecule has 0 aliphatic carbocycles. The van der Waals surface area contributed by atoms with Crippen LogP contribution in [0.15, 0.2) is 40.3 Å². The first-order valence-corrected chi connectivity index (χ1v) is 13.9. The predicted molar refractivity (Wildman–Crippen MR) is 161 cm³/mol. The summed E-state index contributed by atoms with van der Waals surface area (Å²) >= 11 is 0. The van der Waals surface area contributed by atoms with Crippen molar-refractivity contribution in [1.82, 2.24) is 16.0 Å². The molecule has 42 heavy (non-hydrogen) atoms. The van der Waals surface area contributed by atoms with Crippen molar-refractivity contribution in [3.05, 3.63) is 35.9 Å². The normalized spacial score (nSPS) is 14.3. The van der Waals surface area contributed by atoms with Crippen LogP contribution in [0.3, 0.4) is 0 Å². The summed E-state index contributed by atoms with van der Waals surface area (Å²) in [5.74, 6) is -3.49. The molecule has 0 aromatic heterocycles. The van der Waals surface area contributed by atoms with E-state index in [9.17, 15) is 24.3 Å². The lowest BCUT2D eigenvalue weighted by molar-refractivity contribution is -0.142. The van der Waals surface area contributed by atoms with Gasteiger partial charge in [0.25, 0.3) is 0 Å². The van der Waals surface area contributed by atoms with Crippen LogP contribution in [0, 0.1) is 5.92 Å². The molecule has 0 spiro atoms. The van der Waals surface area contributed by atoms with Crippen molar-refractivity contribution >= 4 is 35.6 Å². The molecule has 0 fully saturated rings. The van der Waals surface area contributed by atoms with Crippen LogP contribution < -0.4 is 44.6 Å². The van der Waals surface area contributed by atoms with Crippen LogP contribution in [0.4, 0.5) is 0 Å². The number of guanidine groups is 2. The van der Waals surface area contributed by atoms with E-state index in [4.69, 9.17) is 28.7 Å². The second-order valence-electron chi connectivity index (χ2n) is 10.0. The lowest BCUT2D eigenvalue weighted by atomic mass is 9.98. The molecule has 5 unspecified atom stereocenters. The third kappa shape index (κ3) is 13.8. The molecule has 14 N–H and O–H groups in total. The first-order chi connectivity index (χ1) is 19.8. The number of carbonyl (C=O) groups is 4. The lowest BCUT2D eigenvalue weighted by Crippen LogP contribution is -2.57. The van der Waals surface area contributed by atoms with Gasteiger partial charge in [-0.2, -0.15) is 0 Å². The molecule has 1 rings (SSSR count). The summed E-state index contributed by atoms with van der Waals surface area (Å²) in [6, 6.07) is 4.50. The Morgan fingerprint density at radius 1 is 0.786 bits per heavy atom. The number of aliphatic carboxylic acids is 1. The zero-order valence-corrected chi connectivity index (χ0v) is 24.3. The number of rotatable bonds is 19. The summed E-state index contributed by atoms with van der Waals surface area (Å²) in [4.78, 5) is 59.3. The fourth-order valence-corrected chi connectivity index (χ4v) is 3.92. The van der Waals surface area contributed by atoms with E-state index >= 15 is 0 Å². The van der Waals surface area contributed by atoms with Gasteiger partial charge in [-0.15, -0.1) is 0 Å². The Hall–Kier alpha value is -4.40. The average molecular weight is 591 g/mol. The SMILES string of the molecule is CCC(C)C(N)C(=O)NC(CCCN=C(N)N)C(=O)NC(CCCN=C(N)N)C(=O)NC(Cc1ccccc1)C(=O)O. The van der Waals surface area contributed by atoms with Gasteiger partial charge in [0.1, 0.15) is 18.1 Å². The molecule has 0 saturated carbocycles.